The lowest BCUT2D eigenvalue weighted by molar-refractivity contribution is 0.406. The molecule has 2 rings (SSSR count). The zero-order valence-corrected chi connectivity index (χ0v) is 17.0. The molecule has 0 heterocycles. The lowest BCUT2D eigenvalue weighted by Gasteiger charge is -2.13. The molecule has 0 bridgehead atoms. The topological polar surface area (TPSA) is 29.5 Å². The number of halogens is 5. The van der Waals surface area contributed by atoms with Crippen molar-refractivity contribution in [2.45, 2.75) is 0 Å². The minimum absolute atomic E-state index is 0.0444. The molecule has 0 aromatic heterocycles. The van der Waals surface area contributed by atoms with Crippen LogP contribution in [-0.2, 0) is 0 Å². The number of hydrogen-bond donors (Lipinski definition) is 1. The fourth-order valence-electron chi connectivity index (χ4n) is 1.38. The Morgan fingerprint density at radius 1 is 0.684 bits per heavy atom. The van der Waals surface area contributed by atoms with Gasteiger partial charge in [0.25, 0.3) is 0 Å². The minimum Gasteiger partial charge on any atom is -0.504 e. The van der Waals surface area contributed by atoms with Crippen LogP contribution in [0.3, 0.4) is 0 Å². The summed E-state index contributed by atoms with van der Waals surface area (Å²) >= 11 is 16.9. The standard InChI is InChI=1S/C12H5Br5O2/c13-5-1-7(15)11(8(16)2-5)19-12-9(17)3-6(14)4-10(12)18/h1-4,18H. The highest BCUT2D eigenvalue weighted by Gasteiger charge is 2.15. The normalized spacial score (nSPS) is 10.6. The van der Waals surface area contributed by atoms with E-state index in [4.69, 9.17) is 4.74 Å². The van der Waals surface area contributed by atoms with Gasteiger partial charge in [0.15, 0.2) is 17.2 Å². The number of ether oxygens (including phenoxy) is 1. The molecule has 0 saturated carbocycles. The molecule has 0 atom stereocenters. The second-order valence-corrected chi connectivity index (χ2v) is 7.93. The van der Waals surface area contributed by atoms with E-state index in [9.17, 15) is 5.11 Å². The van der Waals surface area contributed by atoms with Crippen LogP contribution in [0.5, 0.6) is 17.2 Å². The maximum Gasteiger partial charge on any atom is 0.183 e. The van der Waals surface area contributed by atoms with Crippen molar-refractivity contribution in [1.82, 2.24) is 0 Å². The Kier molecular flexibility index (Phi) is 5.39. The summed E-state index contributed by atoms with van der Waals surface area (Å²) in [4.78, 5) is 0. The van der Waals surface area contributed by atoms with Crippen molar-refractivity contribution < 1.29 is 9.84 Å². The number of benzene rings is 2. The van der Waals surface area contributed by atoms with Gasteiger partial charge in [-0.25, -0.2) is 0 Å². The Hall–Kier alpha value is 0.440. The van der Waals surface area contributed by atoms with Crippen molar-refractivity contribution in [1.29, 1.82) is 0 Å². The molecule has 0 aliphatic heterocycles. The van der Waals surface area contributed by atoms with Gasteiger partial charge in [-0.2, -0.15) is 0 Å². The predicted molar refractivity (Wildman–Crippen MR) is 93.1 cm³/mol. The Morgan fingerprint density at radius 3 is 1.58 bits per heavy atom. The van der Waals surface area contributed by atoms with E-state index in [-0.39, 0.29) is 5.75 Å². The van der Waals surface area contributed by atoms with Crippen molar-refractivity contribution in [3.05, 3.63) is 46.6 Å². The van der Waals surface area contributed by atoms with E-state index < -0.39 is 0 Å². The number of hydrogen-bond acceptors (Lipinski definition) is 2. The lowest BCUT2D eigenvalue weighted by atomic mass is 10.3. The monoisotopic (exact) mass is 576 g/mol. The van der Waals surface area contributed by atoms with Crippen molar-refractivity contribution >= 4 is 79.6 Å². The zero-order valence-electron chi connectivity index (χ0n) is 9.05. The van der Waals surface area contributed by atoms with Crippen LogP contribution in [0.1, 0.15) is 0 Å². The van der Waals surface area contributed by atoms with Gasteiger partial charge in [0, 0.05) is 8.95 Å². The maximum atomic E-state index is 9.95. The van der Waals surface area contributed by atoms with Crippen LogP contribution in [0.25, 0.3) is 0 Å². The van der Waals surface area contributed by atoms with Crippen molar-refractivity contribution in [3.8, 4) is 17.2 Å². The van der Waals surface area contributed by atoms with E-state index in [0.717, 1.165) is 17.9 Å². The first kappa shape index (κ1) is 15.8. The number of phenols is 1. The summed E-state index contributed by atoms with van der Waals surface area (Å²) in [5.74, 6) is 0.983. The van der Waals surface area contributed by atoms with Crippen LogP contribution in [0.2, 0.25) is 0 Å². The van der Waals surface area contributed by atoms with Gasteiger partial charge in [-0.1, -0.05) is 31.9 Å². The number of rotatable bonds is 2. The smallest absolute Gasteiger partial charge is 0.183 e. The van der Waals surface area contributed by atoms with E-state index >= 15 is 0 Å². The fraction of sp³-hybridized carbons (Fsp3) is 0. The highest BCUT2D eigenvalue weighted by molar-refractivity contribution is 9.12. The van der Waals surface area contributed by atoms with Crippen LogP contribution in [0.15, 0.2) is 46.6 Å². The van der Waals surface area contributed by atoms with Gasteiger partial charge < -0.3 is 9.84 Å². The highest BCUT2D eigenvalue weighted by Crippen LogP contribution is 2.45. The molecule has 19 heavy (non-hydrogen) atoms. The summed E-state index contributed by atoms with van der Waals surface area (Å²) in [6.45, 7) is 0. The van der Waals surface area contributed by atoms with E-state index in [0.29, 0.717) is 16.0 Å². The molecule has 1 N–H and O–H groups in total. The van der Waals surface area contributed by atoms with Gasteiger partial charge in [0.1, 0.15) is 0 Å². The highest BCUT2D eigenvalue weighted by atomic mass is 79.9. The maximum absolute atomic E-state index is 9.95. The number of aromatic hydroxyl groups is 1. The molecular formula is C12H5Br5O2. The Bertz CT molecular complexity index is 541. The molecule has 0 fully saturated rings. The van der Waals surface area contributed by atoms with Gasteiger partial charge in [-0.15, -0.1) is 0 Å². The number of phenolic OH excluding ortho intramolecular Hbond substituents is 1. The second kappa shape index (κ2) is 6.47. The molecule has 0 saturated heterocycles. The van der Waals surface area contributed by atoms with Crippen LogP contribution >= 0.6 is 79.6 Å². The van der Waals surface area contributed by atoms with Crippen molar-refractivity contribution in [2.24, 2.45) is 0 Å². The van der Waals surface area contributed by atoms with Crippen LogP contribution in [0.4, 0.5) is 0 Å². The lowest BCUT2D eigenvalue weighted by Crippen LogP contribution is -1.89. The quantitative estimate of drug-likeness (QED) is 0.415. The van der Waals surface area contributed by atoms with E-state index in [1.807, 2.05) is 12.1 Å². The third kappa shape index (κ3) is 3.75. The fourth-order valence-corrected chi connectivity index (χ4v) is 5.08. The average Bonchev–Trinajstić information content (AvgIpc) is 2.25. The molecule has 0 aliphatic carbocycles. The van der Waals surface area contributed by atoms with E-state index in [1.165, 1.54) is 0 Å². The summed E-state index contributed by atoms with van der Waals surface area (Å²) < 4.78 is 9.64. The SMILES string of the molecule is Oc1cc(Br)cc(Br)c1Oc1c(Br)cc(Br)cc1Br. The summed E-state index contributed by atoms with van der Waals surface area (Å²) in [6.07, 6.45) is 0. The summed E-state index contributed by atoms with van der Waals surface area (Å²) in [5, 5.41) is 9.95. The summed E-state index contributed by atoms with van der Waals surface area (Å²) in [7, 11) is 0. The van der Waals surface area contributed by atoms with Gasteiger partial charge in [-0.3, -0.25) is 0 Å². The largest absolute Gasteiger partial charge is 0.504 e. The van der Waals surface area contributed by atoms with Gasteiger partial charge in [0.2, 0.25) is 0 Å². The molecule has 0 amide bonds. The average molecular weight is 581 g/mol. The minimum atomic E-state index is 0.0444. The van der Waals surface area contributed by atoms with E-state index in [2.05, 4.69) is 79.6 Å². The molecule has 7 heteroatoms. The summed E-state index contributed by atoms with van der Waals surface area (Å²) in [5.41, 5.74) is 0. The Labute approximate surface area is 152 Å². The zero-order chi connectivity index (χ0) is 14.2. The van der Waals surface area contributed by atoms with Gasteiger partial charge in [-0.05, 0) is 72.1 Å². The molecular weight excluding hydrogens is 576 g/mol. The molecule has 2 aromatic carbocycles. The van der Waals surface area contributed by atoms with Gasteiger partial charge >= 0.3 is 0 Å². The first-order chi connectivity index (χ1) is 8.88. The van der Waals surface area contributed by atoms with Crippen LogP contribution < -0.4 is 4.74 Å². The Morgan fingerprint density at radius 2 is 1.11 bits per heavy atom. The first-order valence-corrected chi connectivity index (χ1v) is 8.85. The molecule has 2 aromatic rings. The molecule has 100 valence electrons. The third-order valence-corrected chi connectivity index (χ3v) is 4.84. The van der Waals surface area contributed by atoms with Crippen molar-refractivity contribution in [2.75, 3.05) is 0 Å². The molecule has 0 aliphatic rings. The van der Waals surface area contributed by atoms with Gasteiger partial charge in [0.05, 0.1) is 13.4 Å². The molecule has 0 radical (unpaired) electrons. The van der Waals surface area contributed by atoms with E-state index in [1.54, 1.807) is 12.1 Å². The molecule has 2 nitrogen and oxygen atoms in total. The van der Waals surface area contributed by atoms with Crippen LogP contribution in [0, 0.1) is 0 Å². The van der Waals surface area contributed by atoms with Crippen LogP contribution in [-0.4, -0.2) is 5.11 Å². The third-order valence-electron chi connectivity index (χ3n) is 2.16. The predicted octanol–water partition coefficient (Wildman–Crippen LogP) is 7.00. The summed E-state index contributed by atoms with van der Waals surface area (Å²) in [6, 6.07) is 7.10. The Balaban J connectivity index is 2.48. The molecule has 0 spiro atoms. The molecule has 0 unspecified atom stereocenters. The van der Waals surface area contributed by atoms with Crippen molar-refractivity contribution in [3.63, 3.8) is 0 Å². The first-order valence-electron chi connectivity index (χ1n) is 4.89. The second-order valence-electron chi connectivity index (χ2n) is 3.54.